The zero-order valence-corrected chi connectivity index (χ0v) is 11.7. The van der Waals surface area contributed by atoms with Crippen LogP contribution in [0.15, 0.2) is 30.5 Å². The van der Waals surface area contributed by atoms with Crippen LogP contribution in [-0.2, 0) is 16.1 Å². The SMILES string of the molecule is COC(=O)Nc1cnn(CC(=O)Nc2ccc(C)cc2)n1. The number of ether oxygens (including phenoxy) is 1. The number of nitrogens with one attached hydrogen (secondary N) is 2. The summed E-state index contributed by atoms with van der Waals surface area (Å²) in [4.78, 5) is 24.0. The highest BCUT2D eigenvalue weighted by atomic mass is 16.5. The van der Waals surface area contributed by atoms with Crippen LogP contribution in [0.25, 0.3) is 0 Å². The van der Waals surface area contributed by atoms with Crippen LogP contribution in [-0.4, -0.2) is 34.1 Å². The van der Waals surface area contributed by atoms with Crippen molar-refractivity contribution in [2.75, 3.05) is 17.7 Å². The Bertz CT molecular complexity index is 636. The first-order valence-corrected chi connectivity index (χ1v) is 6.18. The highest BCUT2D eigenvalue weighted by Gasteiger charge is 2.08. The van der Waals surface area contributed by atoms with E-state index in [4.69, 9.17) is 0 Å². The van der Waals surface area contributed by atoms with Gasteiger partial charge in [-0.2, -0.15) is 9.90 Å². The van der Waals surface area contributed by atoms with Crippen molar-refractivity contribution in [3.05, 3.63) is 36.0 Å². The molecule has 0 atom stereocenters. The molecule has 0 unspecified atom stereocenters. The number of hydrogen-bond acceptors (Lipinski definition) is 5. The van der Waals surface area contributed by atoms with Gasteiger partial charge in [0, 0.05) is 5.69 Å². The minimum atomic E-state index is -0.647. The Morgan fingerprint density at radius 1 is 1.24 bits per heavy atom. The van der Waals surface area contributed by atoms with Crippen molar-refractivity contribution in [1.29, 1.82) is 0 Å². The molecule has 8 heteroatoms. The van der Waals surface area contributed by atoms with E-state index in [1.54, 1.807) is 0 Å². The summed E-state index contributed by atoms with van der Waals surface area (Å²) < 4.78 is 4.43. The van der Waals surface area contributed by atoms with E-state index in [2.05, 4.69) is 25.6 Å². The van der Waals surface area contributed by atoms with Gasteiger partial charge in [-0.15, -0.1) is 5.10 Å². The molecule has 0 saturated heterocycles. The maximum atomic E-state index is 11.8. The summed E-state index contributed by atoms with van der Waals surface area (Å²) in [6.07, 6.45) is 0.682. The van der Waals surface area contributed by atoms with Gasteiger partial charge in [-0.05, 0) is 19.1 Å². The van der Waals surface area contributed by atoms with Gasteiger partial charge in [-0.1, -0.05) is 17.7 Å². The summed E-state index contributed by atoms with van der Waals surface area (Å²) in [5.41, 5.74) is 1.81. The summed E-state index contributed by atoms with van der Waals surface area (Å²) in [5.74, 6) is -0.0518. The van der Waals surface area contributed by atoms with E-state index in [1.165, 1.54) is 18.1 Å². The number of carbonyl (C=O) groups is 2. The van der Waals surface area contributed by atoms with Crippen molar-refractivity contribution >= 4 is 23.5 Å². The van der Waals surface area contributed by atoms with Gasteiger partial charge in [0.05, 0.1) is 13.3 Å². The van der Waals surface area contributed by atoms with Crippen LogP contribution >= 0.6 is 0 Å². The molecule has 110 valence electrons. The van der Waals surface area contributed by atoms with E-state index < -0.39 is 6.09 Å². The van der Waals surface area contributed by atoms with Crippen LogP contribution in [0.5, 0.6) is 0 Å². The average Bonchev–Trinajstić information content (AvgIpc) is 2.88. The van der Waals surface area contributed by atoms with E-state index in [9.17, 15) is 9.59 Å². The molecule has 1 aromatic carbocycles. The molecule has 1 aromatic heterocycles. The predicted molar refractivity (Wildman–Crippen MR) is 75.9 cm³/mol. The predicted octanol–water partition coefficient (Wildman–Crippen LogP) is 1.40. The summed E-state index contributed by atoms with van der Waals surface area (Å²) >= 11 is 0. The molecule has 0 aliphatic rings. The molecule has 0 bridgehead atoms. The fourth-order valence-electron chi connectivity index (χ4n) is 1.55. The van der Waals surface area contributed by atoms with Gasteiger partial charge < -0.3 is 10.1 Å². The normalized spacial score (nSPS) is 10.0. The molecule has 0 fully saturated rings. The van der Waals surface area contributed by atoms with E-state index in [0.717, 1.165) is 5.56 Å². The zero-order chi connectivity index (χ0) is 15.2. The lowest BCUT2D eigenvalue weighted by atomic mass is 10.2. The van der Waals surface area contributed by atoms with Crippen molar-refractivity contribution in [3.8, 4) is 0 Å². The van der Waals surface area contributed by atoms with Gasteiger partial charge in [-0.3, -0.25) is 10.1 Å². The summed E-state index contributed by atoms with van der Waals surface area (Å²) in [5, 5.41) is 12.9. The van der Waals surface area contributed by atoms with E-state index in [1.807, 2.05) is 31.2 Å². The zero-order valence-electron chi connectivity index (χ0n) is 11.7. The maximum absolute atomic E-state index is 11.8. The highest BCUT2D eigenvalue weighted by Crippen LogP contribution is 2.08. The highest BCUT2D eigenvalue weighted by molar-refractivity contribution is 5.90. The Morgan fingerprint density at radius 3 is 2.62 bits per heavy atom. The smallest absolute Gasteiger partial charge is 0.412 e. The number of amides is 2. The first-order valence-electron chi connectivity index (χ1n) is 6.18. The molecule has 21 heavy (non-hydrogen) atoms. The molecule has 0 saturated carbocycles. The van der Waals surface area contributed by atoms with E-state index in [0.29, 0.717) is 5.69 Å². The molecule has 2 amide bonds. The maximum Gasteiger partial charge on any atom is 0.412 e. The van der Waals surface area contributed by atoms with Crippen molar-refractivity contribution in [1.82, 2.24) is 15.0 Å². The van der Waals surface area contributed by atoms with Gasteiger partial charge >= 0.3 is 6.09 Å². The number of rotatable bonds is 4. The van der Waals surface area contributed by atoms with Crippen LogP contribution < -0.4 is 10.6 Å². The molecular formula is C13H15N5O3. The number of aryl methyl sites for hydroxylation is 1. The standard InChI is InChI=1S/C13H15N5O3/c1-9-3-5-10(6-4-9)15-12(19)8-18-14-7-11(17-18)16-13(20)21-2/h3-7H,8H2,1-2H3,(H,15,19)(H,16,17,20). The Kier molecular flexibility index (Phi) is 4.50. The molecule has 0 aliphatic heterocycles. The topological polar surface area (TPSA) is 98.1 Å². The van der Waals surface area contributed by atoms with Crippen molar-refractivity contribution in [2.45, 2.75) is 13.5 Å². The van der Waals surface area contributed by atoms with Crippen LogP contribution in [0.4, 0.5) is 16.3 Å². The quantitative estimate of drug-likeness (QED) is 0.886. The third-order valence-electron chi connectivity index (χ3n) is 2.57. The minimum absolute atomic E-state index is 0.0588. The van der Waals surface area contributed by atoms with Gasteiger partial charge in [0.15, 0.2) is 5.82 Å². The summed E-state index contributed by atoms with van der Waals surface area (Å²) in [7, 11) is 1.24. The molecule has 0 radical (unpaired) electrons. The Morgan fingerprint density at radius 2 is 1.95 bits per heavy atom. The lowest BCUT2D eigenvalue weighted by molar-refractivity contribution is -0.117. The molecule has 0 aliphatic carbocycles. The molecule has 2 N–H and O–H groups in total. The van der Waals surface area contributed by atoms with Crippen LogP contribution in [0, 0.1) is 6.92 Å². The number of anilines is 2. The second-order valence-electron chi connectivity index (χ2n) is 4.29. The molecule has 2 aromatic rings. The monoisotopic (exact) mass is 289 g/mol. The second-order valence-corrected chi connectivity index (χ2v) is 4.29. The molecule has 1 heterocycles. The van der Waals surface area contributed by atoms with Crippen molar-refractivity contribution in [2.24, 2.45) is 0 Å². The third kappa shape index (κ3) is 4.30. The van der Waals surface area contributed by atoms with E-state index >= 15 is 0 Å². The van der Waals surface area contributed by atoms with Gasteiger partial charge in [0.1, 0.15) is 6.54 Å². The lowest BCUT2D eigenvalue weighted by Crippen LogP contribution is -2.20. The van der Waals surface area contributed by atoms with Gasteiger partial charge in [0.25, 0.3) is 0 Å². The van der Waals surface area contributed by atoms with Crippen molar-refractivity contribution < 1.29 is 14.3 Å². The fraction of sp³-hybridized carbons (Fsp3) is 0.231. The lowest BCUT2D eigenvalue weighted by Gasteiger charge is -2.04. The second kappa shape index (κ2) is 6.51. The number of benzene rings is 1. The third-order valence-corrected chi connectivity index (χ3v) is 2.57. The van der Waals surface area contributed by atoms with Crippen LogP contribution in [0.1, 0.15) is 5.56 Å². The number of carbonyl (C=O) groups excluding carboxylic acids is 2. The van der Waals surface area contributed by atoms with E-state index in [-0.39, 0.29) is 18.3 Å². The van der Waals surface area contributed by atoms with Crippen LogP contribution in [0.2, 0.25) is 0 Å². The minimum Gasteiger partial charge on any atom is -0.453 e. The number of methoxy groups -OCH3 is 1. The van der Waals surface area contributed by atoms with Crippen LogP contribution in [0.3, 0.4) is 0 Å². The van der Waals surface area contributed by atoms with Gasteiger partial charge in [0.2, 0.25) is 5.91 Å². The molecule has 2 rings (SSSR count). The number of aromatic nitrogens is 3. The number of hydrogen-bond donors (Lipinski definition) is 2. The van der Waals surface area contributed by atoms with Gasteiger partial charge in [-0.25, -0.2) is 4.79 Å². The Labute approximate surface area is 121 Å². The summed E-state index contributed by atoms with van der Waals surface area (Å²) in [6, 6.07) is 7.43. The molecule has 8 nitrogen and oxygen atoms in total. The van der Waals surface area contributed by atoms with Crippen molar-refractivity contribution in [3.63, 3.8) is 0 Å². The fourth-order valence-corrected chi connectivity index (χ4v) is 1.55. The Hall–Kier alpha value is -2.90. The number of nitrogens with zero attached hydrogens (tertiary/aromatic N) is 3. The Balaban J connectivity index is 1.90. The average molecular weight is 289 g/mol. The summed E-state index contributed by atoms with van der Waals surface area (Å²) in [6.45, 7) is 1.91. The molecule has 0 spiro atoms. The molecular weight excluding hydrogens is 274 g/mol. The first kappa shape index (κ1) is 14.5. The largest absolute Gasteiger partial charge is 0.453 e. The first-order chi connectivity index (χ1) is 10.1.